The van der Waals surface area contributed by atoms with E-state index in [-0.39, 0.29) is 12.0 Å². The molecule has 8 heteroatoms. The molecule has 0 radical (unpaired) electrons. The fourth-order valence-electron chi connectivity index (χ4n) is 3.11. The molecule has 1 fully saturated rings. The Labute approximate surface area is 152 Å². The van der Waals surface area contributed by atoms with Crippen LogP contribution in [0.5, 0.6) is 0 Å². The highest BCUT2D eigenvalue weighted by Crippen LogP contribution is 2.26. The van der Waals surface area contributed by atoms with Gasteiger partial charge in [0, 0.05) is 18.6 Å². The van der Waals surface area contributed by atoms with E-state index in [4.69, 9.17) is 10.5 Å². The molecule has 3 rings (SSSR count). The highest BCUT2D eigenvalue weighted by atomic mass is 16.5. The Morgan fingerprint density at radius 2 is 2.23 bits per heavy atom. The minimum absolute atomic E-state index is 0.112. The lowest BCUT2D eigenvalue weighted by molar-refractivity contribution is -0.138. The van der Waals surface area contributed by atoms with Crippen LogP contribution in [-0.4, -0.2) is 52.9 Å². The lowest BCUT2D eigenvalue weighted by Gasteiger charge is -2.38. The smallest absolute Gasteiger partial charge is 0.251 e. The summed E-state index contributed by atoms with van der Waals surface area (Å²) in [6.07, 6.45) is 0.958. The van der Waals surface area contributed by atoms with Crippen LogP contribution in [0.4, 0.5) is 5.69 Å². The highest BCUT2D eigenvalue weighted by Gasteiger charge is 2.33. The zero-order valence-electron chi connectivity index (χ0n) is 15.3. The van der Waals surface area contributed by atoms with E-state index in [1.165, 1.54) is 0 Å². The van der Waals surface area contributed by atoms with Crippen molar-refractivity contribution in [2.24, 2.45) is 5.73 Å². The van der Waals surface area contributed by atoms with E-state index >= 15 is 0 Å². The minimum Gasteiger partial charge on any atom is -0.364 e. The molecule has 2 aromatic heterocycles. The number of aromatic nitrogens is 2. The Bertz CT molecular complexity index is 853. The van der Waals surface area contributed by atoms with E-state index in [1.54, 1.807) is 16.8 Å². The molecule has 3 heterocycles. The van der Waals surface area contributed by atoms with Crippen molar-refractivity contribution in [2.75, 3.05) is 24.5 Å². The van der Waals surface area contributed by atoms with Crippen molar-refractivity contribution in [1.82, 2.24) is 14.9 Å². The summed E-state index contributed by atoms with van der Waals surface area (Å²) in [5.41, 5.74) is 7.44. The molecule has 3 N–H and O–H groups in total. The van der Waals surface area contributed by atoms with Gasteiger partial charge >= 0.3 is 0 Å². The van der Waals surface area contributed by atoms with E-state index in [0.717, 1.165) is 11.2 Å². The van der Waals surface area contributed by atoms with Gasteiger partial charge in [-0.3, -0.25) is 4.79 Å². The van der Waals surface area contributed by atoms with Gasteiger partial charge in [-0.25, -0.2) is 4.52 Å². The average molecular weight is 356 g/mol. The fraction of sp³-hybridized carbons (Fsp3) is 0.500. The summed E-state index contributed by atoms with van der Waals surface area (Å²) in [6.45, 7) is 7.12. The van der Waals surface area contributed by atoms with Crippen molar-refractivity contribution in [3.05, 3.63) is 30.1 Å². The number of ether oxygens (including phenoxy) is 1. The third-order valence-electron chi connectivity index (χ3n) is 4.51. The standard InChI is InChI=1S/C18H24N6O2/c1-12-9-23(10-16(26-12)17(25)22-18(2,3)11-20)14-5-4-13(8-19)24-15(14)6-7-21-24/h4-7,12,16H,9-11,20H2,1-3H3,(H,22,25)/t12-,16-/m1/s1. The number of nitriles is 1. The van der Waals surface area contributed by atoms with Gasteiger partial charge in [0.15, 0.2) is 6.10 Å². The Morgan fingerprint density at radius 1 is 1.46 bits per heavy atom. The SMILES string of the molecule is C[C@@H]1CN(c2ccc(C#N)n3nccc23)C[C@H](C(=O)NC(C)(C)CN)O1. The number of anilines is 1. The normalized spacial score (nSPS) is 20.8. The zero-order valence-corrected chi connectivity index (χ0v) is 15.3. The number of carbonyl (C=O) groups is 1. The largest absolute Gasteiger partial charge is 0.364 e. The van der Waals surface area contributed by atoms with Gasteiger partial charge in [-0.15, -0.1) is 0 Å². The van der Waals surface area contributed by atoms with E-state index in [1.807, 2.05) is 32.9 Å². The van der Waals surface area contributed by atoms with E-state index < -0.39 is 11.6 Å². The molecule has 1 saturated heterocycles. The Balaban J connectivity index is 1.87. The van der Waals surface area contributed by atoms with Crippen molar-refractivity contribution < 1.29 is 9.53 Å². The number of fused-ring (bicyclic) bond motifs is 1. The van der Waals surface area contributed by atoms with Crippen LogP contribution in [0.15, 0.2) is 24.4 Å². The van der Waals surface area contributed by atoms with Crippen LogP contribution in [0.25, 0.3) is 5.52 Å². The number of nitrogens with one attached hydrogen (secondary N) is 1. The van der Waals surface area contributed by atoms with Gasteiger partial charge < -0.3 is 20.7 Å². The van der Waals surface area contributed by atoms with Crippen molar-refractivity contribution in [1.29, 1.82) is 5.26 Å². The molecule has 26 heavy (non-hydrogen) atoms. The van der Waals surface area contributed by atoms with E-state index in [9.17, 15) is 10.1 Å². The van der Waals surface area contributed by atoms with Crippen LogP contribution >= 0.6 is 0 Å². The number of amides is 1. The first-order valence-electron chi connectivity index (χ1n) is 8.64. The van der Waals surface area contributed by atoms with Gasteiger partial charge in [-0.2, -0.15) is 10.4 Å². The van der Waals surface area contributed by atoms with Crippen molar-refractivity contribution in [3.63, 3.8) is 0 Å². The molecule has 8 nitrogen and oxygen atoms in total. The molecule has 0 unspecified atom stereocenters. The van der Waals surface area contributed by atoms with Crippen LogP contribution in [0, 0.1) is 11.3 Å². The number of nitrogens with two attached hydrogens (primary N) is 1. The number of hydrogen-bond acceptors (Lipinski definition) is 6. The lowest BCUT2D eigenvalue weighted by atomic mass is 10.1. The summed E-state index contributed by atoms with van der Waals surface area (Å²) in [7, 11) is 0. The maximum atomic E-state index is 12.6. The maximum absolute atomic E-state index is 12.6. The average Bonchev–Trinajstić information content (AvgIpc) is 3.09. The minimum atomic E-state index is -0.594. The van der Waals surface area contributed by atoms with Gasteiger partial charge in [0.25, 0.3) is 5.91 Å². The number of morpholine rings is 1. The van der Waals surface area contributed by atoms with Crippen molar-refractivity contribution in [2.45, 2.75) is 38.5 Å². The molecule has 1 aliphatic heterocycles. The molecule has 1 amide bonds. The molecule has 0 aliphatic carbocycles. The molecule has 1 aliphatic rings. The third-order valence-corrected chi connectivity index (χ3v) is 4.51. The monoisotopic (exact) mass is 356 g/mol. The number of nitrogens with zero attached hydrogens (tertiary/aromatic N) is 4. The number of hydrogen-bond donors (Lipinski definition) is 2. The van der Waals surface area contributed by atoms with Gasteiger partial charge in [-0.1, -0.05) is 0 Å². The summed E-state index contributed by atoms with van der Waals surface area (Å²) < 4.78 is 7.47. The van der Waals surface area contributed by atoms with E-state index in [0.29, 0.717) is 25.3 Å². The molecule has 2 atom stereocenters. The Morgan fingerprint density at radius 3 is 2.92 bits per heavy atom. The number of carbonyl (C=O) groups excluding carboxylic acids is 1. The van der Waals surface area contributed by atoms with E-state index in [2.05, 4.69) is 21.4 Å². The predicted molar refractivity (Wildman–Crippen MR) is 97.7 cm³/mol. The first-order valence-corrected chi connectivity index (χ1v) is 8.64. The van der Waals surface area contributed by atoms with Crippen molar-refractivity contribution in [3.8, 4) is 6.07 Å². The summed E-state index contributed by atoms with van der Waals surface area (Å²) in [5.74, 6) is -0.171. The second-order valence-corrected chi connectivity index (χ2v) is 7.26. The summed E-state index contributed by atoms with van der Waals surface area (Å²) in [6, 6.07) is 7.63. The van der Waals surface area contributed by atoms with Gasteiger partial charge in [0.05, 0.1) is 30.0 Å². The quantitative estimate of drug-likeness (QED) is 0.833. The second kappa shape index (κ2) is 6.94. The van der Waals surface area contributed by atoms with Crippen LogP contribution in [-0.2, 0) is 9.53 Å². The first-order chi connectivity index (χ1) is 12.3. The predicted octanol–water partition coefficient (Wildman–Crippen LogP) is 0.653. The van der Waals surface area contributed by atoms with Gasteiger partial charge in [0.1, 0.15) is 11.8 Å². The molecule has 0 aromatic carbocycles. The fourth-order valence-corrected chi connectivity index (χ4v) is 3.11. The first kappa shape index (κ1) is 18.2. The molecule has 2 aromatic rings. The summed E-state index contributed by atoms with van der Waals surface area (Å²) >= 11 is 0. The van der Waals surface area contributed by atoms with Crippen LogP contribution in [0.2, 0.25) is 0 Å². The number of pyridine rings is 1. The molecule has 138 valence electrons. The number of rotatable bonds is 4. The Hall–Kier alpha value is -2.63. The Kier molecular flexibility index (Phi) is 4.85. The molecule has 0 saturated carbocycles. The molecular weight excluding hydrogens is 332 g/mol. The molecular formula is C18H24N6O2. The van der Waals surface area contributed by atoms with Gasteiger partial charge in [0.2, 0.25) is 0 Å². The van der Waals surface area contributed by atoms with Crippen LogP contribution < -0.4 is 16.0 Å². The maximum Gasteiger partial charge on any atom is 0.251 e. The van der Waals surface area contributed by atoms with Crippen molar-refractivity contribution >= 4 is 17.1 Å². The lowest BCUT2D eigenvalue weighted by Crippen LogP contribution is -2.58. The van der Waals surface area contributed by atoms with Crippen LogP contribution in [0.1, 0.15) is 26.5 Å². The van der Waals surface area contributed by atoms with Crippen LogP contribution in [0.3, 0.4) is 0 Å². The van der Waals surface area contributed by atoms with Gasteiger partial charge in [-0.05, 0) is 39.0 Å². The molecule has 0 spiro atoms. The third kappa shape index (κ3) is 3.49. The zero-order chi connectivity index (χ0) is 18.9. The topological polar surface area (TPSA) is 109 Å². The summed E-state index contributed by atoms with van der Waals surface area (Å²) in [4.78, 5) is 14.7. The highest BCUT2D eigenvalue weighted by molar-refractivity contribution is 5.83. The molecule has 0 bridgehead atoms. The summed E-state index contributed by atoms with van der Waals surface area (Å²) in [5, 5.41) is 16.4. The second-order valence-electron chi connectivity index (χ2n) is 7.26.